The summed E-state index contributed by atoms with van der Waals surface area (Å²) in [5.74, 6) is 0.826. The number of ether oxygens (including phenoxy) is 1. The third-order valence-corrected chi connectivity index (χ3v) is 2.61. The Balaban J connectivity index is 2.29. The molecule has 0 spiro atoms. The summed E-state index contributed by atoms with van der Waals surface area (Å²) in [6.45, 7) is 2.00. The highest BCUT2D eigenvalue weighted by atomic mass is 79.9. The monoisotopic (exact) mass is 266 g/mol. The maximum Gasteiger partial charge on any atom is 0.301 e. The summed E-state index contributed by atoms with van der Waals surface area (Å²) in [6.07, 6.45) is 3.56. The van der Waals surface area contributed by atoms with Gasteiger partial charge in [0.15, 0.2) is 0 Å². The van der Waals surface area contributed by atoms with Gasteiger partial charge in [0.1, 0.15) is 5.75 Å². The molecule has 0 saturated heterocycles. The number of hydrogen-bond donors (Lipinski definition) is 0. The Bertz CT molecular complexity index is 479. The van der Waals surface area contributed by atoms with E-state index in [2.05, 4.69) is 20.9 Å². The van der Waals surface area contributed by atoms with Crippen molar-refractivity contribution >= 4 is 15.9 Å². The van der Waals surface area contributed by atoms with Gasteiger partial charge in [0.2, 0.25) is 0 Å². The van der Waals surface area contributed by atoms with E-state index in [0.29, 0.717) is 6.01 Å². The van der Waals surface area contributed by atoms with Crippen LogP contribution in [0.3, 0.4) is 0 Å². The number of rotatable bonds is 2. The Morgan fingerprint density at radius 1 is 1.40 bits per heavy atom. The van der Waals surface area contributed by atoms with Crippen molar-refractivity contribution in [3.05, 3.63) is 40.6 Å². The summed E-state index contributed by atoms with van der Waals surface area (Å²) in [5.41, 5.74) is 1.08. The molecule has 78 valence electrons. The third kappa shape index (κ3) is 2.21. The van der Waals surface area contributed by atoms with Crippen molar-refractivity contribution in [3.63, 3.8) is 0 Å². The summed E-state index contributed by atoms with van der Waals surface area (Å²) in [6, 6.07) is 6.48. The topological polar surface area (TPSA) is 27.1 Å². The summed E-state index contributed by atoms with van der Waals surface area (Å²) < 4.78 is 8.55. The van der Waals surface area contributed by atoms with Crippen molar-refractivity contribution in [2.75, 3.05) is 0 Å². The largest absolute Gasteiger partial charge is 0.425 e. The molecule has 15 heavy (non-hydrogen) atoms. The molecule has 1 aromatic carbocycles. The molecule has 2 rings (SSSR count). The zero-order valence-corrected chi connectivity index (χ0v) is 10.2. The second-order valence-corrected chi connectivity index (χ2v) is 4.25. The van der Waals surface area contributed by atoms with Crippen LogP contribution in [-0.2, 0) is 7.05 Å². The van der Waals surface area contributed by atoms with Crippen molar-refractivity contribution in [2.45, 2.75) is 6.92 Å². The number of imidazole rings is 1. The molecular weight excluding hydrogens is 256 g/mol. The van der Waals surface area contributed by atoms with Crippen LogP contribution in [0.2, 0.25) is 0 Å². The standard InChI is InChI=1S/C11H11BrN2O/c1-8-7-9(12)3-4-10(8)15-11-13-5-6-14(11)2/h3-7H,1-2H3. The molecule has 0 fully saturated rings. The summed E-state index contributed by atoms with van der Waals surface area (Å²) in [4.78, 5) is 4.10. The fourth-order valence-electron chi connectivity index (χ4n) is 1.28. The number of benzene rings is 1. The van der Waals surface area contributed by atoms with E-state index in [1.54, 1.807) is 6.20 Å². The van der Waals surface area contributed by atoms with Gasteiger partial charge in [0.05, 0.1) is 0 Å². The van der Waals surface area contributed by atoms with Crippen LogP contribution in [0.4, 0.5) is 0 Å². The van der Waals surface area contributed by atoms with Gasteiger partial charge >= 0.3 is 6.01 Å². The molecule has 0 amide bonds. The van der Waals surface area contributed by atoms with Crippen LogP contribution in [0.15, 0.2) is 35.1 Å². The zero-order valence-electron chi connectivity index (χ0n) is 8.57. The van der Waals surface area contributed by atoms with Gasteiger partial charge in [-0.25, -0.2) is 4.98 Å². The first-order valence-electron chi connectivity index (χ1n) is 4.58. The van der Waals surface area contributed by atoms with Crippen molar-refractivity contribution < 1.29 is 4.74 Å². The van der Waals surface area contributed by atoms with Crippen molar-refractivity contribution in [1.82, 2.24) is 9.55 Å². The van der Waals surface area contributed by atoms with Gasteiger partial charge in [-0.05, 0) is 30.7 Å². The van der Waals surface area contributed by atoms with Crippen LogP contribution in [-0.4, -0.2) is 9.55 Å². The smallest absolute Gasteiger partial charge is 0.301 e. The fraction of sp³-hybridized carbons (Fsp3) is 0.182. The van der Waals surface area contributed by atoms with E-state index in [9.17, 15) is 0 Å². The molecule has 0 aliphatic carbocycles. The average Bonchev–Trinajstić information content (AvgIpc) is 2.57. The summed E-state index contributed by atoms with van der Waals surface area (Å²) in [7, 11) is 1.90. The van der Waals surface area contributed by atoms with Crippen molar-refractivity contribution in [2.24, 2.45) is 7.05 Å². The van der Waals surface area contributed by atoms with Crippen LogP contribution in [0.1, 0.15) is 5.56 Å². The lowest BCUT2D eigenvalue weighted by atomic mass is 10.2. The van der Waals surface area contributed by atoms with Crippen LogP contribution < -0.4 is 4.74 Å². The highest BCUT2D eigenvalue weighted by Gasteiger charge is 2.05. The predicted octanol–water partition coefficient (Wildman–Crippen LogP) is 3.28. The highest BCUT2D eigenvalue weighted by molar-refractivity contribution is 9.10. The number of nitrogens with zero attached hydrogens (tertiary/aromatic N) is 2. The Hall–Kier alpha value is -1.29. The molecule has 0 aliphatic rings. The maximum absolute atomic E-state index is 5.67. The van der Waals surface area contributed by atoms with Gasteiger partial charge in [-0.15, -0.1) is 0 Å². The minimum absolute atomic E-state index is 0.598. The molecule has 0 bridgehead atoms. The number of halogens is 1. The number of hydrogen-bond acceptors (Lipinski definition) is 2. The normalized spacial score (nSPS) is 10.3. The van der Waals surface area contributed by atoms with E-state index in [1.165, 1.54) is 0 Å². The van der Waals surface area contributed by atoms with Crippen molar-refractivity contribution in [3.8, 4) is 11.8 Å². The Kier molecular flexibility index (Phi) is 2.77. The lowest BCUT2D eigenvalue weighted by Crippen LogP contribution is -1.94. The lowest BCUT2D eigenvalue weighted by molar-refractivity contribution is 0.422. The van der Waals surface area contributed by atoms with E-state index in [-0.39, 0.29) is 0 Å². The Morgan fingerprint density at radius 3 is 2.80 bits per heavy atom. The van der Waals surface area contributed by atoms with Gasteiger partial charge < -0.3 is 9.30 Å². The van der Waals surface area contributed by atoms with Crippen LogP contribution in [0.5, 0.6) is 11.8 Å². The number of aryl methyl sites for hydroxylation is 2. The quantitative estimate of drug-likeness (QED) is 0.834. The minimum Gasteiger partial charge on any atom is -0.425 e. The van der Waals surface area contributed by atoms with Gasteiger partial charge in [-0.1, -0.05) is 15.9 Å². The molecule has 0 unspecified atom stereocenters. The average molecular weight is 267 g/mol. The van der Waals surface area contributed by atoms with E-state index in [4.69, 9.17) is 4.74 Å². The van der Waals surface area contributed by atoms with E-state index in [0.717, 1.165) is 15.8 Å². The molecule has 0 saturated carbocycles. The molecule has 0 aliphatic heterocycles. The Labute approximate surface area is 96.8 Å². The van der Waals surface area contributed by atoms with Crippen LogP contribution in [0, 0.1) is 6.92 Å². The van der Waals surface area contributed by atoms with Gasteiger partial charge in [0.25, 0.3) is 0 Å². The second kappa shape index (κ2) is 4.06. The van der Waals surface area contributed by atoms with Gasteiger partial charge in [0, 0.05) is 23.9 Å². The first kappa shape index (κ1) is 10.2. The number of aromatic nitrogens is 2. The molecule has 2 aromatic rings. The minimum atomic E-state index is 0.598. The zero-order chi connectivity index (χ0) is 10.8. The molecule has 1 heterocycles. The maximum atomic E-state index is 5.67. The van der Waals surface area contributed by atoms with Crippen molar-refractivity contribution in [1.29, 1.82) is 0 Å². The van der Waals surface area contributed by atoms with Crippen LogP contribution >= 0.6 is 15.9 Å². The molecule has 0 radical (unpaired) electrons. The van der Waals surface area contributed by atoms with E-state index >= 15 is 0 Å². The molecule has 0 N–H and O–H groups in total. The van der Waals surface area contributed by atoms with Gasteiger partial charge in [-0.3, -0.25) is 0 Å². The fourth-order valence-corrected chi connectivity index (χ4v) is 1.75. The third-order valence-electron chi connectivity index (χ3n) is 2.12. The molecule has 1 aromatic heterocycles. The lowest BCUT2D eigenvalue weighted by Gasteiger charge is -2.07. The molecule has 0 atom stereocenters. The highest BCUT2D eigenvalue weighted by Crippen LogP contribution is 2.25. The first-order valence-corrected chi connectivity index (χ1v) is 5.37. The van der Waals surface area contributed by atoms with E-state index < -0.39 is 0 Å². The molecule has 4 heteroatoms. The van der Waals surface area contributed by atoms with Gasteiger partial charge in [-0.2, -0.15) is 0 Å². The second-order valence-electron chi connectivity index (χ2n) is 3.33. The Morgan fingerprint density at radius 2 is 2.20 bits per heavy atom. The predicted molar refractivity (Wildman–Crippen MR) is 62.2 cm³/mol. The summed E-state index contributed by atoms with van der Waals surface area (Å²) >= 11 is 3.41. The molecule has 3 nitrogen and oxygen atoms in total. The SMILES string of the molecule is Cc1cc(Br)ccc1Oc1nccn1C. The van der Waals surface area contributed by atoms with E-state index in [1.807, 2.05) is 42.9 Å². The summed E-state index contributed by atoms with van der Waals surface area (Å²) in [5, 5.41) is 0. The van der Waals surface area contributed by atoms with Crippen LogP contribution in [0.25, 0.3) is 0 Å². The molecular formula is C11H11BrN2O. The first-order chi connectivity index (χ1) is 7.16.